The van der Waals surface area contributed by atoms with Gasteiger partial charge in [0.05, 0.1) is 26.2 Å². The number of rotatable bonds is 12. The van der Waals surface area contributed by atoms with Crippen LogP contribution in [0, 0.1) is 0 Å². The van der Waals surface area contributed by atoms with E-state index < -0.39 is 13.9 Å². The Kier molecular flexibility index (Phi) is 19.4. The van der Waals surface area contributed by atoms with E-state index in [0.717, 1.165) is 0 Å². The molecule has 0 spiro atoms. The van der Waals surface area contributed by atoms with Crippen LogP contribution in [0.5, 0.6) is 0 Å². The van der Waals surface area contributed by atoms with E-state index in [0.29, 0.717) is 0 Å². The van der Waals surface area contributed by atoms with Crippen molar-refractivity contribution in [1.29, 1.82) is 0 Å². The maximum absolute atomic E-state index is 5.01. The molecule has 0 aliphatic heterocycles. The zero-order chi connectivity index (χ0) is 17.5. The molecule has 140 valence electrons. The van der Waals surface area contributed by atoms with Gasteiger partial charge in [0, 0.05) is 0 Å². The van der Waals surface area contributed by atoms with Crippen molar-refractivity contribution >= 4 is 35.6 Å². The zero-order valence-electron chi connectivity index (χ0n) is 14.8. The molecule has 0 radical (unpaired) electrons. The second-order valence-corrected chi connectivity index (χ2v) is 25.2. The van der Waals surface area contributed by atoms with Gasteiger partial charge in [0.1, 0.15) is 0 Å². The number of hydrogen-bond acceptors (Lipinski definition) is 0. The van der Waals surface area contributed by atoms with Gasteiger partial charge >= 0.3 is 49.6 Å². The first-order valence-corrected chi connectivity index (χ1v) is 19.6. The van der Waals surface area contributed by atoms with Gasteiger partial charge < -0.3 is 4.48 Å². The molecule has 1 nitrogen and oxygen atoms in total. The van der Waals surface area contributed by atoms with Gasteiger partial charge in [-0.1, -0.05) is 53.4 Å². The summed E-state index contributed by atoms with van der Waals surface area (Å²) in [5.41, 5.74) is 0. The Labute approximate surface area is 158 Å². The summed E-state index contributed by atoms with van der Waals surface area (Å²) in [6.07, 6.45) is 11.1. The van der Waals surface area contributed by atoms with E-state index in [-0.39, 0.29) is 0 Å². The van der Waals surface area contributed by atoms with Crippen LogP contribution in [0.2, 0.25) is 0 Å². The van der Waals surface area contributed by atoms with E-state index >= 15 is 0 Å². The van der Waals surface area contributed by atoms with Crippen molar-refractivity contribution in [3.05, 3.63) is 0 Å². The molecule has 0 aliphatic rings. The molecule has 0 saturated carbocycles. The Morgan fingerprint density at radius 1 is 0.545 bits per heavy atom. The normalized spacial score (nSPS) is 12.7. The number of unbranched alkanes of at least 4 members (excludes halogenated alkanes) is 4. The van der Waals surface area contributed by atoms with Crippen LogP contribution in [0.15, 0.2) is 0 Å². The van der Waals surface area contributed by atoms with Gasteiger partial charge in [0.15, 0.2) is 0 Å². The molecule has 0 aromatic heterocycles. The monoisotopic (exact) mass is 509 g/mol. The van der Waals surface area contributed by atoms with Crippen molar-refractivity contribution in [2.75, 3.05) is 26.2 Å². The predicted molar refractivity (Wildman–Crippen MR) is 103 cm³/mol. The van der Waals surface area contributed by atoms with Gasteiger partial charge in [-0.15, -0.1) is 0 Å². The van der Waals surface area contributed by atoms with Gasteiger partial charge in [0.2, 0.25) is 0 Å². The van der Waals surface area contributed by atoms with E-state index in [2.05, 4.69) is 27.7 Å². The first-order chi connectivity index (χ1) is 10.2. The molecule has 22 heavy (non-hydrogen) atoms. The molecule has 0 N–H and O–H groups in total. The summed E-state index contributed by atoms with van der Waals surface area (Å²) in [7, 11) is 20.0. The molecule has 0 amide bonds. The van der Waals surface area contributed by atoms with E-state index in [1.54, 1.807) is 0 Å². The molecule has 0 bridgehead atoms. The Bertz CT molecular complexity index is 191. The molecule has 0 saturated heterocycles. The fraction of sp³-hybridized carbons (Fsp3) is 1.00. The first-order valence-electron chi connectivity index (χ1n) is 8.66. The summed E-state index contributed by atoms with van der Waals surface area (Å²) < 4.78 is 1.42. The third kappa shape index (κ3) is 19.9. The summed E-state index contributed by atoms with van der Waals surface area (Å²) in [5, 5.41) is 0. The quantitative estimate of drug-likeness (QED) is 0.262. The number of hydrogen-bond donors (Lipinski definition) is 0. The fourth-order valence-corrected chi connectivity index (χ4v) is 2.64. The maximum atomic E-state index is 5.01. The Balaban J connectivity index is 0. The molecule has 0 rings (SSSR count). The number of halogens is 5. The minimum absolute atomic E-state index is 1.35. The third-order valence-corrected chi connectivity index (χ3v) is 3.94. The van der Waals surface area contributed by atoms with Crippen LogP contribution in [0.3, 0.4) is 0 Å². The average Bonchev–Trinajstić information content (AvgIpc) is 2.44. The predicted octanol–water partition coefficient (Wildman–Crippen LogP) is 4.77. The fourth-order valence-electron chi connectivity index (χ4n) is 2.64. The molecular weight excluding hydrogens is 475 g/mol. The van der Waals surface area contributed by atoms with Crippen LogP contribution in [0.1, 0.15) is 79.1 Å². The summed E-state index contributed by atoms with van der Waals surface area (Å²) >= 11 is -3.05. The molecule has 0 aliphatic carbocycles. The van der Waals surface area contributed by atoms with Crippen molar-refractivity contribution in [3.63, 3.8) is 0 Å². The van der Waals surface area contributed by atoms with Gasteiger partial charge in [0.25, 0.3) is 0 Å². The average molecular weight is 511 g/mol. The molecule has 0 aromatic rings. The minimum atomic E-state index is -3.05. The van der Waals surface area contributed by atoms with E-state index in [1.807, 2.05) is 0 Å². The number of nitrogens with zero attached hydrogens (tertiary/aromatic N) is 1. The van der Waals surface area contributed by atoms with E-state index in [1.165, 1.54) is 82.0 Å². The molecule has 6 heteroatoms. The molecule has 0 aromatic carbocycles. The molecular formula is C16H36Cl4IN. The Morgan fingerprint density at radius 3 is 0.864 bits per heavy atom. The zero-order valence-corrected chi connectivity index (χ0v) is 20.0. The summed E-state index contributed by atoms with van der Waals surface area (Å²) in [4.78, 5) is 0. The SMILES string of the molecule is CCCC[N+](CCCC)(CCCC)CCCC.Cl[I-](Cl)(Cl)Cl. The second kappa shape index (κ2) is 16.3. The van der Waals surface area contributed by atoms with Crippen molar-refractivity contribution in [2.24, 2.45) is 0 Å². The van der Waals surface area contributed by atoms with E-state index in [4.69, 9.17) is 35.6 Å². The molecule has 0 unspecified atom stereocenters. The topological polar surface area (TPSA) is 0 Å². The first kappa shape index (κ1) is 26.1. The van der Waals surface area contributed by atoms with Crippen molar-refractivity contribution < 1.29 is 18.4 Å². The Morgan fingerprint density at radius 2 is 0.727 bits per heavy atom. The summed E-state index contributed by atoms with van der Waals surface area (Å²) in [5.74, 6) is 0. The van der Waals surface area contributed by atoms with Crippen LogP contribution < -0.4 is 13.9 Å². The van der Waals surface area contributed by atoms with Crippen LogP contribution >= 0.6 is 35.6 Å². The van der Waals surface area contributed by atoms with Crippen LogP contribution in [0.25, 0.3) is 0 Å². The van der Waals surface area contributed by atoms with Gasteiger partial charge in [-0.3, -0.25) is 0 Å². The van der Waals surface area contributed by atoms with E-state index in [9.17, 15) is 0 Å². The van der Waals surface area contributed by atoms with Gasteiger partial charge in [-0.25, -0.2) is 0 Å². The van der Waals surface area contributed by atoms with Crippen LogP contribution in [-0.4, -0.2) is 30.7 Å². The van der Waals surface area contributed by atoms with Crippen LogP contribution in [0.4, 0.5) is 0 Å². The van der Waals surface area contributed by atoms with Crippen molar-refractivity contribution in [3.8, 4) is 0 Å². The second-order valence-electron chi connectivity index (χ2n) is 5.97. The summed E-state index contributed by atoms with van der Waals surface area (Å²) in [6.45, 7) is 15.0. The molecule has 0 atom stereocenters. The van der Waals surface area contributed by atoms with Crippen LogP contribution in [-0.2, 0) is 0 Å². The number of quaternary nitrogens is 1. The Hall–Kier alpha value is 1.85. The summed E-state index contributed by atoms with van der Waals surface area (Å²) in [6, 6.07) is 0. The van der Waals surface area contributed by atoms with Crippen molar-refractivity contribution in [2.45, 2.75) is 79.1 Å². The van der Waals surface area contributed by atoms with Gasteiger partial charge in [-0.2, -0.15) is 0 Å². The molecule has 0 fully saturated rings. The van der Waals surface area contributed by atoms with Gasteiger partial charge in [-0.05, 0) is 25.7 Å². The molecule has 0 heterocycles. The standard InChI is InChI=1S/C16H36N.Cl4I/c1-5-9-13-17(14-10-6-2,15-11-7-3)16-12-8-4;1-5(2,3)4/h5-16H2,1-4H3;/q+1;-1. The third-order valence-electron chi connectivity index (χ3n) is 3.94. The van der Waals surface area contributed by atoms with Crippen molar-refractivity contribution in [1.82, 2.24) is 0 Å².